The van der Waals surface area contributed by atoms with Gasteiger partial charge in [0.15, 0.2) is 0 Å². The lowest BCUT2D eigenvalue weighted by Gasteiger charge is -2.22. The van der Waals surface area contributed by atoms with Crippen LogP contribution in [-0.4, -0.2) is 23.4 Å². The van der Waals surface area contributed by atoms with Crippen molar-refractivity contribution in [1.29, 1.82) is 0 Å². The van der Waals surface area contributed by atoms with E-state index in [2.05, 4.69) is 0 Å². The summed E-state index contributed by atoms with van der Waals surface area (Å²) in [6.45, 7) is 5.25. The lowest BCUT2D eigenvalue weighted by atomic mass is 10.1. The minimum Gasteiger partial charge on any atom is -0.462 e. The van der Waals surface area contributed by atoms with Crippen molar-refractivity contribution in [3.63, 3.8) is 0 Å². The van der Waals surface area contributed by atoms with Gasteiger partial charge in [-0.1, -0.05) is 24.3 Å². The summed E-state index contributed by atoms with van der Waals surface area (Å²) in [5, 5.41) is 11.4. The normalized spacial score (nSPS) is 10.3. The van der Waals surface area contributed by atoms with Crippen LogP contribution in [0.5, 0.6) is 0 Å². The molecule has 2 aromatic rings. The molecule has 0 spiro atoms. The predicted octanol–water partition coefficient (Wildman–Crippen LogP) is 3.63. The molecule has 0 heterocycles. The Hall–Kier alpha value is -3.22. The molecule has 2 rings (SSSR count). The van der Waals surface area contributed by atoms with Crippen LogP contribution in [0, 0.1) is 17.0 Å². The largest absolute Gasteiger partial charge is 0.462 e. The number of nitro groups is 1. The van der Waals surface area contributed by atoms with Gasteiger partial charge in [0.05, 0.1) is 23.6 Å². The van der Waals surface area contributed by atoms with E-state index in [-0.39, 0.29) is 36.0 Å². The van der Waals surface area contributed by atoms with Crippen molar-refractivity contribution in [3.05, 3.63) is 69.3 Å². The van der Waals surface area contributed by atoms with Crippen molar-refractivity contribution >= 4 is 23.3 Å². The lowest BCUT2D eigenvalue weighted by molar-refractivity contribution is -0.384. The van der Waals surface area contributed by atoms with Gasteiger partial charge in [0.2, 0.25) is 5.91 Å². The van der Waals surface area contributed by atoms with Crippen molar-refractivity contribution in [3.8, 4) is 0 Å². The Kier molecular flexibility index (Phi) is 6.06. The third-order valence-electron chi connectivity index (χ3n) is 3.94. The molecule has 1 amide bonds. The molecule has 0 saturated heterocycles. The fourth-order valence-electron chi connectivity index (χ4n) is 2.56. The monoisotopic (exact) mass is 356 g/mol. The topological polar surface area (TPSA) is 89.8 Å². The number of benzene rings is 2. The molecule has 7 nitrogen and oxygen atoms in total. The maximum Gasteiger partial charge on any atom is 0.338 e. The molecule has 0 aliphatic rings. The first kappa shape index (κ1) is 19.1. The lowest BCUT2D eigenvalue weighted by Crippen LogP contribution is -2.29. The van der Waals surface area contributed by atoms with E-state index >= 15 is 0 Å². The minimum atomic E-state index is -0.594. The summed E-state index contributed by atoms with van der Waals surface area (Å²) in [4.78, 5) is 36.4. The first-order valence-electron chi connectivity index (χ1n) is 8.13. The predicted molar refractivity (Wildman–Crippen MR) is 97.1 cm³/mol. The maximum atomic E-state index is 12.2. The Bertz CT molecular complexity index is 848. The second-order valence-electron chi connectivity index (χ2n) is 5.71. The van der Waals surface area contributed by atoms with E-state index in [1.165, 1.54) is 30.0 Å². The number of carbonyl (C=O) groups is 2. The average Bonchev–Trinajstić information content (AvgIpc) is 2.60. The Labute approximate surface area is 151 Å². The van der Waals surface area contributed by atoms with Crippen LogP contribution in [0.2, 0.25) is 0 Å². The van der Waals surface area contributed by atoms with Crippen LogP contribution in [0.4, 0.5) is 11.4 Å². The van der Waals surface area contributed by atoms with Crippen LogP contribution in [0.25, 0.3) is 0 Å². The van der Waals surface area contributed by atoms with Crippen molar-refractivity contribution < 1.29 is 19.2 Å². The van der Waals surface area contributed by atoms with Crippen molar-refractivity contribution in [2.24, 2.45) is 0 Å². The zero-order valence-electron chi connectivity index (χ0n) is 14.9. The van der Waals surface area contributed by atoms with E-state index in [0.29, 0.717) is 0 Å². The molecule has 0 bridgehead atoms. The van der Waals surface area contributed by atoms with Gasteiger partial charge in [0.1, 0.15) is 5.69 Å². The molecule has 0 atom stereocenters. The molecule has 136 valence electrons. The Balaban J connectivity index is 2.53. The van der Waals surface area contributed by atoms with Crippen LogP contribution in [0.3, 0.4) is 0 Å². The highest BCUT2D eigenvalue weighted by molar-refractivity contribution is 5.97. The summed E-state index contributed by atoms with van der Waals surface area (Å²) in [6, 6.07) is 11.3. The SMILES string of the molecule is CCOC(=O)c1ccc([N+](=O)[O-])c(N(Cc2ccccc2C)C(C)=O)c1. The smallest absolute Gasteiger partial charge is 0.338 e. The van der Waals surface area contributed by atoms with E-state index in [9.17, 15) is 19.7 Å². The summed E-state index contributed by atoms with van der Waals surface area (Å²) in [7, 11) is 0. The minimum absolute atomic E-state index is 0.0660. The molecule has 0 aliphatic heterocycles. The highest BCUT2D eigenvalue weighted by Gasteiger charge is 2.25. The van der Waals surface area contributed by atoms with Gasteiger partial charge in [-0.05, 0) is 37.1 Å². The molecule has 0 saturated carbocycles. The average molecular weight is 356 g/mol. The molecular formula is C19H20N2O5. The highest BCUT2D eigenvalue weighted by Crippen LogP contribution is 2.31. The third kappa shape index (κ3) is 4.24. The number of ether oxygens (including phenoxy) is 1. The molecule has 0 N–H and O–H groups in total. The van der Waals surface area contributed by atoms with Gasteiger partial charge in [-0.25, -0.2) is 4.79 Å². The molecule has 26 heavy (non-hydrogen) atoms. The van der Waals surface area contributed by atoms with Gasteiger partial charge < -0.3 is 9.64 Å². The Morgan fingerprint density at radius 2 is 1.88 bits per heavy atom. The zero-order chi connectivity index (χ0) is 19.3. The molecule has 0 aliphatic carbocycles. The first-order chi connectivity index (χ1) is 12.3. The van der Waals surface area contributed by atoms with Crippen LogP contribution in [-0.2, 0) is 16.1 Å². The number of nitro benzene ring substituents is 1. The Morgan fingerprint density at radius 3 is 2.46 bits per heavy atom. The number of carbonyl (C=O) groups excluding carboxylic acids is 2. The van der Waals surface area contributed by atoms with Gasteiger partial charge >= 0.3 is 5.97 Å². The van der Waals surface area contributed by atoms with Crippen LogP contribution in [0.1, 0.15) is 35.3 Å². The van der Waals surface area contributed by atoms with Crippen molar-refractivity contribution in [2.45, 2.75) is 27.3 Å². The number of aryl methyl sites for hydroxylation is 1. The highest BCUT2D eigenvalue weighted by atomic mass is 16.6. The van der Waals surface area contributed by atoms with E-state index in [0.717, 1.165) is 11.1 Å². The second-order valence-corrected chi connectivity index (χ2v) is 5.71. The fourth-order valence-corrected chi connectivity index (χ4v) is 2.56. The summed E-state index contributed by atoms with van der Waals surface area (Å²) in [6.07, 6.45) is 0. The number of rotatable bonds is 6. The molecule has 0 radical (unpaired) electrons. The summed E-state index contributed by atoms with van der Waals surface area (Å²) < 4.78 is 4.95. The number of nitrogens with zero attached hydrogens (tertiary/aromatic N) is 2. The third-order valence-corrected chi connectivity index (χ3v) is 3.94. The van der Waals surface area contributed by atoms with Gasteiger partial charge in [-0.3, -0.25) is 14.9 Å². The van der Waals surface area contributed by atoms with Gasteiger partial charge in [-0.15, -0.1) is 0 Å². The fraction of sp³-hybridized carbons (Fsp3) is 0.263. The molecule has 2 aromatic carbocycles. The van der Waals surface area contributed by atoms with Gasteiger partial charge in [0, 0.05) is 13.0 Å². The van der Waals surface area contributed by atoms with Crippen LogP contribution in [0.15, 0.2) is 42.5 Å². The zero-order valence-corrected chi connectivity index (χ0v) is 14.9. The van der Waals surface area contributed by atoms with E-state index in [1.54, 1.807) is 6.92 Å². The molecule has 0 fully saturated rings. The van der Waals surface area contributed by atoms with E-state index < -0.39 is 10.9 Å². The molecule has 7 heteroatoms. The number of hydrogen-bond donors (Lipinski definition) is 0. The standard InChI is InChI=1S/C19H20N2O5/c1-4-26-19(23)15-9-10-17(21(24)25)18(11-15)20(14(3)22)12-16-8-6-5-7-13(16)2/h5-11H,4,12H2,1-3H3. The number of anilines is 1. The van der Waals surface area contributed by atoms with Crippen LogP contribution >= 0.6 is 0 Å². The van der Waals surface area contributed by atoms with Gasteiger partial charge in [0.25, 0.3) is 5.69 Å². The molecule has 0 unspecified atom stereocenters. The molecule has 0 aromatic heterocycles. The summed E-state index contributed by atoms with van der Waals surface area (Å²) in [5.41, 5.74) is 1.79. The number of amides is 1. The van der Waals surface area contributed by atoms with E-state index in [4.69, 9.17) is 4.74 Å². The van der Waals surface area contributed by atoms with E-state index in [1.807, 2.05) is 31.2 Å². The summed E-state index contributed by atoms with van der Waals surface area (Å²) in [5.74, 6) is -0.958. The van der Waals surface area contributed by atoms with Crippen LogP contribution < -0.4 is 4.90 Å². The Morgan fingerprint density at radius 1 is 1.19 bits per heavy atom. The molecular weight excluding hydrogens is 336 g/mol. The quantitative estimate of drug-likeness (QED) is 0.448. The first-order valence-corrected chi connectivity index (χ1v) is 8.13. The number of hydrogen-bond acceptors (Lipinski definition) is 5. The van der Waals surface area contributed by atoms with Gasteiger partial charge in [-0.2, -0.15) is 0 Å². The number of esters is 1. The second kappa shape index (κ2) is 8.24. The van der Waals surface area contributed by atoms with Crippen molar-refractivity contribution in [2.75, 3.05) is 11.5 Å². The summed E-state index contributed by atoms with van der Waals surface area (Å²) >= 11 is 0. The van der Waals surface area contributed by atoms with Crippen molar-refractivity contribution in [1.82, 2.24) is 0 Å². The maximum absolute atomic E-state index is 12.2.